The minimum atomic E-state index is 0.393. The summed E-state index contributed by atoms with van der Waals surface area (Å²) in [6, 6.07) is 0. The normalized spacial score (nSPS) is 27.2. The summed E-state index contributed by atoms with van der Waals surface area (Å²) < 4.78 is 0. The minimum Gasteiger partial charge on any atom is -0.299 e. The maximum absolute atomic E-state index is 10.9. The first kappa shape index (κ1) is 7.26. The molecule has 1 nitrogen and oxygen atoms in total. The Kier molecular flexibility index (Phi) is 2.70. The van der Waals surface area contributed by atoms with Gasteiger partial charge in [-0.15, -0.1) is 0 Å². The van der Waals surface area contributed by atoms with Crippen LogP contribution in [0.15, 0.2) is 0 Å². The van der Waals surface area contributed by atoms with Crippen LogP contribution in [0.25, 0.3) is 0 Å². The van der Waals surface area contributed by atoms with Crippen LogP contribution in [0, 0.1) is 5.92 Å². The summed E-state index contributed by atoms with van der Waals surface area (Å²) in [6.07, 6.45) is 4.12. The van der Waals surface area contributed by atoms with E-state index in [1.807, 2.05) is 0 Å². The highest BCUT2D eigenvalue weighted by atomic mass is 79.9. The number of carbonyl (C=O) groups is 1. The third-order valence-electron chi connectivity index (χ3n) is 1.89. The van der Waals surface area contributed by atoms with Gasteiger partial charge in [-0.05, 0) is 19.3 Å². The number of alkyl halides is 1. The first-order valence-corrected chi connectivity index (χ1v) is 4.55. The highest BCUT2D eigenvalue weighted by Gasteiger charge is 2.22. The average molecular weight is 191 g/mol. The third-order valence-corrected chi connectivity index (χ3v) is 2.35. The van der Waals surface area contributed by atoms with Gasteiger partial charge in [-0.2, -0.15) is 0 Å². The molecule has 0 saturated heterocycles. The summed E-state index contributed by atoms with van der Waals surface area (Å²) in [4.78, 5) is 10.9. The SMILES string of the molecule is O=C1CCC[C@H]1CCBr. The van der Waals surface area contributed by atoms with Crippen molar-refractivity contribution in [1.82, 2.24) is 0 Å². The van der Waals surface area contributed by atoms with Gasteiger partial charge >= 0.3 is 0 Å². The molecule has 1 aliphatic rings. The number of hydrogen-bond donors (Lipinski definition) is 0. The summed E-state index contributed by atoms with van der Waals surface area (Å²) in [5.74, 6) is 0.874. The molecule has 1 saturated carbocycles. The fourth-order valence-corrected chi connectivity index (χ4v) is 1.88. The van der Waals surface area contributed by atoms with E-state index in [9.17, 15) is 4.79 Å². The summed E-state index contributed by atoms with van der Waals surface area (Å²) in [6.45, 7) is 0. The van der Waals surface area contributed by atoms with E-state index in [1.165, 1.54) is 0 Å². The molecule has 2 heteroatoms. The van der Waals surface area contributed by atoms with Gasteiger partial charge in [-0.25, -0.2) is 0 Å². The second-order valence-corrected chi connectivity index (χ2v) is 3.33. The molecule has 9 heavy (non-hydrogen) atoms. The van der Waals surface area contributed by atoms with Gasteiger partial charge in [0, 0.05) is 17.7 Å². The van der Waals surface area contributed by atoms with Crippen molar-refractivity contribution in [1.29, 1.82) is 0 Å². The molecule has 0 aliphatic heterocycles. The van der Waals surface area contributed by atoms with Crippen LogP contribution in [0.2, 0.25) is 0 Å². The second-order valence-electron chi connectivity index (χ2n) is 2.53. The zero-order valence-corrected chi connectivity index (χ0v) is 6.99. The van der Waals surface area contributed by atoms with Crippen LogP contribution in [0.4, 0.5) is 0 Å². The van der Waals surface area contributed by atoms with Gasteiger partial charge in [-0.3, -0.25) is 4.79 Å². The van der Waals surface area contributed by atoms with Crippen molar-refractivity contribution in [2.75, 3.05) is 5.33 Å². The first-order chi connectivity index (χ1) is 4.34. The number of hydrogen-bond acceptors (Lipinski definition) is 1. The number of halogens is 1. The van der Waals surface area contributed by atoms with Gasteiger partial charge in [0.15, 0.2) is 0 Å². The molecule has 0 bridgehead atoms. The van der Waals surface area contributed by atoms with Crippen LogP contribution in [0.5, 0.6) is 0 Å². The lowest BCUT2D eigenvalue weighted by molar-refractivity contribution is -0.120. The van der Waals surface area contributed by atoms with Crippen molar-refractivity contribution in [3.63, 3.8) is 0 Å². The average Bonchev–Trinajstić information content (AvgIpc) is 2.18. The van der Waals surface area contributed by atoms with Gasteiger partial charge in [0.1, 0.15) is 5.78 Å². The van der Waals surface area contributed by atoms with Crippen LogP contribution >= 0.6 is 15.9 Å². The Morgan fingerprint density at radius 2 is 2.44 bits per heavy atom. The molecule has 0 spiro atoms. The van der Waals surface area contributed by atoms with Crippen molar-refractivity contribution in [2.45, 2.75) is 25.7 Å². The molecular formula is C7H11BrO. The number of carbonyl (C=O) groups excluding carboxylic acids is 1. The number of Topliss-reactive ketones (excluding diaryl/α,β-unsaturated/α-hetero) is 1. The molecule has 0 unspecified atom stereocenters. The lowest BCUT2D eigenvalue weighted by Gasteiger charge is -2.01. The molecule has 0 radical (unpaired) electrons. The van der Waals surface area contributed by atoms with Crippen LogP contribution in [-0.2, 0) is 4.79 Å². The summed E-state index contributed by atoms with van der Waals surface area (Å²) in [5.41, 5.74) is 0. The Morgan fingerprint density at radius 3 is 2.89 bits per heavy atom. The standard InChI is InChI=1S/C7H11BrO/c8-5-4-6-2-1-3-7(6)9/h6H,1-5H2/t6-/m0/s1. The van der Waals surface area contributed by atoms with E-state index in [1.54, 1.807) is 0 Å². The van der Waals surface area contributed by atoms with Gasteiger partial charge in [-0.1, -0.05) is 15.9 Å². The molecule has 0 heterocycles. The maximum Gasteiger partial charge on any atom is 0.136 e. The number of ketones is 1. The number of rotatable bonds is 2. The molecular weight excluding hydrogens is 180 g/mol. The summed E-state index contributed by atoms with van der Waals surface area (Å²) >= 11 is 3.33. The Balaban J connectivity index is 2.31. The predicted molar refractivity (Wildman–Crippen MR) is 40.8 cm³/mol. The Hall–Kier alpha value is 0.150. The largest absolute Gasteiger partial charge is 0.299 e. The van der Waals surface area contributed by atoms with Gasteiger partial charge in [0.2, 0.25) is 0 Å². The van der Waals surface area contributed by atoms with Crippen molar-refractivity contribution >= 4 is 21.7 Å². The molecule has 1 aliphatic carbocycles. The maximum atomic E-state index is 10.9. The van der Waals surface area contributed by atoms with E-state index in [-0.39, 0.29) is 0 Å². The zero-order valence-electron chi connectivity index (χ0n) is 5.40. The molecule has 0 aromatic heterocycles. The van der Waals surface area contributed by atoms with Crippen molar-refractivity contribution < 1.29 is 4.79 Å². The van der Waals surface area contributed by atoms with E-state index < -0.39 is 0 Å². The molecule has 0 N–H and O–H groups in total. The van der Waals surface area contributed by atoms with E-state index in [4.69, 9.17) is 0 Å². The lowest BCUT2D eigenvalue weighted by atomic mass is 10.1. The highest BCUT2D eigenvalue weighted by molar-refractivity contribution is 9.09. The van der Waals surface area contributed by atoms with E-state index in [0.29, 0.717) is 11.7 Å². The quantitative estimate of drug-likeness (QED) is 0.611. The Morgan fingerprint density at radius 1 is 1.67 bits per heavy atom. The minimum absolute atomic E-state index is 0.393. The van der Waals surface area contributed by atoms with Gasteiger partial charge < -0.3 is 0 Å². The molecule has 1 fully saturated rings. The van der Waals surface area contributed by atoms with Crippen LogP contribution in [-0.4, -0.2) is 11.1 Å². The molecule has 52 valence electrons. The van der Waals surface area contributed by atoms with Gasteiger partial charge in [0.25, 0.3) is 0 Å². The second kappa shape index (κ2) is 3.35. The topological polar surface area (TPSA) is 17.1 Å². The molecule has 1 rings (SSSR count). The van der Waals surface area contributed by atoms with E-state index in [2.05, 4.69) is 15.9 Å². The zero-order chi connectivity index (χ0) is 6.69. The van der Waals surface area contributed by atoms with Gasteiger partial charge in [0.05, 0.1) is 0 Å². The first-order valence-electron chi connectivity index (χ1n) is 3.43. The van der Waals surface area contributed by atoms with E-state index in [0.717, 1.165) is 31.0 Å². The predicted octanol–water partition coefficient (Wildman–Crippen LogP) is 2.14. The molecule has 0 aromatic rings. The molecule has 0 aromatic carbocycles. The van der Waals surface area contributed by atoms with Crippen LogP contribution < -0.4 is 0 Å². The van der Waals surface area contributed by atoms with Crippen molar-refractivity contribution in [3.05, 3.63) is 0 Å². The van der Waals surface area contributed by atoms with Crippen LogP contribution in [0.1, 0.15) is 25.7 Å². The van der Waals surface area contributed by atoms with Crippen molar-refractivity contribution in [2.24, 2.45) is 5.92 Å². The summed E-state index contributed by atoms with van der Waals surface area (Å²) in [5, 5.41) is 0.976. The van der Waals surface area contributed by atoms with Crippen LogP contribution in [0.3, 0.4) is 0 Å². The highest BCUT2D eigenvalue weighted by Crippen LogP contribution is 2.24. The fraction of sp³-hybridized carbons (Fsp3) is 0.857. The summed E-state index contributed by atoms with van der Waals surface area (Å²) in [7, 11) is 0. The molecule has 0 amide bonds. The Labute approximate surface area is 64.0 Å². The fourth-order valence-electron chi connectivity index (χ4n) is 1.32. The smallest absolute Gasteiger partial charge is 0.136 e. The molecule has 1 atom stereocenters. The lowest BCUT2D eigenvalue weighted by Crippen LogP contribution is -2.05. The Bertz CT molecular complexity index is 111. The monoisotopic (exact) mass is 190 g/mol. The van der Waals surface area contributed by atoms with E-state index >= 15 is 0 Å². The van der Waals surface area contributed by atoms with Crippen molar-refractivity contribution in [3.8, 4) is 0 Å². The third kappa shape index (κ3) is 1.78.